The lowest BCUT2D eigenvalue weighted by molar-refractivity contribution is -0.300. The number of ether oxygens (including phenoxy) is 4. The molecule has 5 aliphatic carbocycles. The van der Waals surface area contributed by atoms with Crippen molar-refractivity contribution in [1.29, 1.82) is 0 Å². The molecule has 10 nitrogen and oxygen atoms in total. The number of hydrogen-bond acceptors (Lipinski definition) is 10. The fourth-order valence-corrected chi connectivity index (χ4v) is 12.3. The Morgan fingerprint density at radius 2 is 1.74 bits per heavy atom. The lowest BCUT2D eigenvalue weighted by Crippen LogP contribution is -2.60. The molecule has 0 radical (unpaired) electrons. The number of hydrogen-bond donors (Lipinski definition) is 3. The van der Waals surface area contributed by atoms with Gasteiger partial charge in [0.25, 0.3) is 0 Å². The van der Waals surface area contributed by atoms with E-state index in [0.717, 1.165) is 25.7 Å². The Morgan fingerprint density at radius 3 is 2.38 bits per heavy atom. The number of allylic oxidation sites excluding steroid dienone is 2. The van der Waals surface area contributed by atoms with Crippen molar-refractivity contribution in [1.82, 2.24) is 0 Å². The van der Waals surface area contributed by atoms with Crippen LogP contribution in [-0.2, 0) is 33.3 Å². The number of esters is 1. The van der Waals surface area contributed by atoms with Crippen molar-refractivity contribution in [2.24, 2.45) is 44.8 Å². The lowest BCUT2D eigenvalue weighted by Gasteiger charge is -2.61. The first-order valence-corrected chi connectivity index (χ1v) is 17.7. The van der Waals surface area contributed by atoms with Gasteiger partial charge in [-0.25, -0.2) is 0 Å². The maximum absolute atomic E-state index is 14.2. The number of fused-ring (bicyclic) bond motifs is 2. The van der Waals surface area contributed by atoms with E-state index in [-0.39, 0.29) is 64.7 Å². The minimum absolute atomic E-state index is 0.0303. The lowest BCUT2D eigenvalue weighted by atomic mass is 9.44. The van der Waals surface area contributed by atoms with Crippen LogP contribution in [-0.4, -0.2) is 88.0 Å². The summed E-state index contributed by atoms with van der Waals surface area (Å²) >= 11 is 0. The number of carbonyl (C=O) groups excluding carboxylic acids is 3. The van der Waals surface area contributed by atoms with Crippen LogP contribution in [0.3, 0.4) is 0 Å². The molecule has 0 amide bonds. The number of rotatable bonds is 7. The predicted molar refractivity (Wildman–Crippen MR) is 169 cm³/mol. The quantitative estimate of drug-likeness (QED) is 0.210. The van der Waals surface area contributed by atoms with Gasteiger partial charge in [-0.15, -0.1) is 0 Å². The number of ketones is 2. The predicted octanol–water partition coefficient (Wildman–Crippen LogP) is 3.66. The minimum Gasteiger partial charge on any atom is -0.462 e. The highest BCUT2D eigenvalue weighted by Crippen LogP contribution is 2.88. The van der Waals surface area contributed by atoms with Crippen molar-refractivity contribution < 1.29 is 48.7 Å². The first kappa shape index (κ1) is 33.8. The van der Waals surface area contributed by atoms with Gasteiger partial charge in [-0.3, -0.25) is 14.4 Å². The van der Waals surface area contributed by atoms with Crippen LogP contribution in [0.2, 0.25) is 0 Å². The van der Waals surface area contributed by atoms with Gasteiger partial charge in [-0.2, -0.15) is 0 Å². The van der Waals surface area contributed by atoms with Crippen molar-refractivity contribution in [3.63, 3.8) is 0 Å². The van der Waals surface area contributed by atoms with Gasteiger partial charge in [-0.05, 0) is 68.6 Å². The van der Waals surface area contributed by atoms with Crippen LogP contribution in [0.5, 0.6) is 0 Å². The van der Waals surface area contributed by atoms with Crippen LogP contribution in [0.1, 0.15) is 100 Å². The first-order valence-electron chi connectivity index (χ1n) is 17.7. The number of epoxide rings is 1. The highest BCUT2D eigenvalue weighted by molar-refractivity contribution is 5.90. The second-order valence-electron chi connectivity index (χ2n) is 17.8. The Morgan fingerprint density at radius 1 is 1.06 bits per heavy atom. The number of aliphatic hydroxyl groups is 3. The summed E-state index contributed by atoms with van der Waals surface area (Å²) in [5, 5.41) is 30.8. The summed E-state index contributed by atoms with van der Waals surface area (Å²) < 4.78 is 24.0. The normalized spacial score (nSPS) is 51.0. The van der Waals surface area contributed by atoms with E-state index in [1.165, 1.54) is 12.5 Å². The smallest absolute Gasteiger partial charge is 0.302 e. The van der Waals surface area contributed by atoms with Crippen LogP contribution in [0, 0.1) is 44.8 Å². The highest BCUT2D eigenvalue weighted by Gasteiger charge is 2.83. The first-order chi connectivity index (χ1) is 21.8. The van der Waals surface area contributed by atoms with Crippen molar-refractivity contribution in [2.45, 2.75) is 149 Å². The van der Waals surface area contributed by atoms with E-state index < -0.39 is 59.2 Å². The van der Waals surface area contributed by atoms with E-state index in [4.69, 9.17) is 18.9 Å². The largest absolute Gasteiger partial charge is 0.462 e. The average Bonchev–Trinajstić information content (AvgIpc) is 3.80. The van der Waals surface area contributed by atoms with E-state index in [9.17, 15) is 29.7 Å². The molecular weight excluding hydrogens is 604 g/mol. The maximum Gasteiger partial charge on any atom is 0.302 e. The maximum atomic E-state index is 14.2. The zero-order chi connectivity index (χ0) is 34.3. The summed E-state index contributed by atoms with van der Waals surface area (Å²) in [6.45, 7) is 15.9. The second kappa shape index (κ2) is 10.4. The Kier molecular flexibility index (Phi) is 7.49. The van der Waals surface area contributed by atoms with E-state index in [0.29, 0.717) is 12.8 Å². The molecule has 10 heteroatoms. The van der Waals surface area contributed by atoms with Gasteiger partial charge in [0.05, 0.1) is 18.3 Å². The topological polar surface area (TPSA) is 152 Å². The number of carbonyl (C=O) groups is 3. The van der Waals surface area contributed by atoms with Crippen LogP contribution in [0.15, 0.2) is 11.6 Å². The molecule has 6 fully saturated rings. The summed E-state index contributed by atoms with van der Waals surface area (Å²) in [5.74, 6) is -0.579. The van der Waals surface area contributed by atoms with Crippen molar-refractivity contribution in [3.05, 3.63) is 11.6 Å². The Hall–Kier alpha value is -1.69. The zero-order valence-corrected chi connectivity index (χ0v) is 29.2. The Balaban J connectivity index is 1.20. The third-order valence-electron chi connectivity index (χ3n) is 14.7. The van der Waals surface area contributed by atoms with Crippen molar-refractivity contribution >= 4 is 17.5 Å². The molecule has 0 aromatic carbocycles. The van der Waals surface area contributed by atoms with Gasteiger partial charge in [0, 0.05) is 41.9 Å². The number of aliphatic hydroxyl groups excluding tert-OH is 3. The molecule has 47 heavy (non-hydrogen) atoms. The van der Waals surface area contributed by atoms with Crippen LogP contribution >= 0.6 is 0 Å². The fourth-order valence-electron chi connectivity index (χ4n) is 12.3. The molecule has 7 rings (SSSR count). The molecule has 0 aromatic rings. The van der Waals surface area contributed by atoms with Crippen LogP contribution in [0.4, 0.5) is 0 Å². The molecule has 3 N–H and O–H groups in total. The molecule has 2 aliphatic heterocycles. The molecular formula is C37H54O10. The van der Waals surface area contributed by atoms with Gasteiger partial charge < -0.3 is 34.3 Å². The molecule has 0 unspecified atom stereocenters. The van der Waals surface area contributed by atoms with E-state index in [1.54, 1.807) is 0 Å². The van der Waals surface area contributed by atoms with Gasteiger partial charge in [0.15, 0.2) is 12.1 Å². The molecule has 262 valence electrons. The summed E-state index contributed by atoms with van der Waals surface area (Å²) in [6, 6.07) is 0. The molecule has 2 saturated heterocycles. The van der Waals surface area contributed by atoms with Gasteiger partial charge in [-0.1, -0.05) is 46.3 Å². The summed E-state index contributed by atoms with van der Waals surface area (Å²) in [5.41, 5.74) is -0.862. The third kappa shape index (κ3) is 4.46. The molecule has 0 bridgehead atoms. The van der Waals surface area contributed by atoms with E-state index in [1.807, 2.05) is 20.8 Å². The molecule has 2 heterocycles. The van der Waals surface area contributed by atoms with Crippen molar-refractivity contribution in [2.75, 3.05) is 6.61 Å². The van der Waals surface area contributed by atoms with Crippen molar-refractivity contribution in [3.8, 4) is 0 Å². The highest BCUT2D eigenvalue weighted by atomic mass is 16.7. The Labute approximate surface area is 277 Å². The zero-order valence-electron chi connectivity index (χ0n) is 29.2. The third-order valence-corrected chi connectivity index (χ3v) is 14.7. The standard InChI is InChI=1S/C37H54O10/c1-18(13-20(39)30-33(5,6)47-30)27-21(40)14-34(7)24-10-9-23-32(3,4)25(46-31-29(43)28(42)22(41)16-44-31)11-12-36(23)17-37(24,36)15-26(35(27,34)8)45-19(2)38/h10,18,22-23,25-31,41-43H,9,11-17H2,1-8H3/t18-,22-,23+,25+,26+,27-,28-,29+,30-,31-,34+,35+,36-,37+/m0/s1. The molecule has 0 aromatic heterocycles. The monoisotopic (exact) mass is 658 g/mol. The molecule has 2 spiro atoms. The number of Topliss-reactive ketones (excluding diaryl/α,β-unsaturated/α-hetero) is 2. The molecule has 4 saturated carbocycles. The summed E-state index contributed by atoms with van der Waals surface area (Å²) in [7, 11) is 0. The molecule has 7 aliphatic rings. The van der Waals surface area contributed by atoms with Crippen LogP contribution < -0.4 is 0 Å². The van der Waals surface area contributed by atoms with Gasteiger partial charge >= 0.3 is 5.97 Å². The van der Waals surface area contributed by atoms with E-state index in [2.05, 4.69) is 33.8 Å². The summed E-state index contributed by atoms with van der Waals surface area (Å²) in [4.78, 5) is 40.2. The second-order valence-corrected chi connectivity index (χ2v) is 17.8. The van der Waals surface area contributed by atoms with E-state index >= 15 is 0 Å². The summed E-state index contributed by atoms with van der Waals surface area (Å²) in [6.07, 6.45) is 1.06. The van der Waals surface area contributed by atoms with Gasteiger partial charge in [0.2, 0.25) is 0 Å². The minimum atomic E-state index is -1.34. The Bertz CT molecular complexity index is 1400. The fraction of sp³-hybridized carbons (Fsp3) is 0.865. The van der Waals surface area contributed by atoms with Gasteiger partial charge in [0.1, 0.15) is 36.3 Å². The SMILES string of the molecule is CC(=O)O[C@@H]1C[C@]23C[C@]24CC[C@@H](O[C@@H]2OC[C@H](O)[C@H](O)[C@H]2O)C(C)(C)[C@H]4CC=C3[C@@]2(C)CC(=O)[C@H]([C@@H](C)CC(=O)[C@@H]3OC3(C)C)[C@@]12C. The van der Waals surface area contributed by atoms with Crippen LogP contribution in [0.25, 0.3) is 0 Å². The molecule has 14 atom stereocenters. The average molecular weight is 659 g/mol.